The van der Waals surface area contributed by atoms with Gasteiger partial charge >= 0.3 is 0 Å². The molecule has 0 radical (unpaired) electrons. The van der Waals surface area contributed by atoms with Crippen LogP contribution in [0.3, 0.4) is 0 Å². The van der Waals surface area contributed by atoms with Gasteiger partial charge in [-0.2, -0.15) is 5.26 Å². The number of methoxy groups -OCH3 is 1. The van der Waals surface area contributed by atoms with E-state index in [-0.39, 0.29) is 0 Å². The lowest BCUT2D eigenvalue weighted by Gasteiger charge is -2.12. The number of hydrogen-bond donors (Lipinski definition) is 1. The van der Waals surface area contributed by atoms with E-state index in [1.54, 1.807) is 20.1 Å². The van der Waals surface area contributed by atoms with Gasteiger partial charge in [0.05, 0.1) is 18.8 Å². The summed E-state index contributed by atoms with van der Waals surface area (Å²) < 4.78 is 7.17. The highest BCUT2D eigenvalue weighted by atomic mass is 16.5. The molecule has 1 aromatic heterocycles. The third kappa shape index (κ3) is 2.78. The molecule has 0 spiro atoms. The van der Waals surface area contributed by atoms with Gasteiger partial charge in [-0.25, -0.2) is 0 Å². The zero-order chi connectivity index (χ0) is 13.8. The van der Waals surface area contributed by atoms with Gasteiger partial charge < -0.3 is 14.4 Å². The standard InChI is InChI=1S/C15H16N2O2/c1-11(18)14-4-3-7-17(14)10-12-5-6-13(9-16)15(8-12)19-2/h3-8,11,18H,10H2,1-2H3. The molecular weight excluding hydrogens is 240 g/mol. The molecule has 0 saturated heterocycles. The van der Waals surface area contributed by atoms with E-state index in [0.717, 1.165) is 11.3 Å². The van der Waals surface area contributed by atoms with E-state index in [2.05, 4.69) is 6.07 Å². The van der Waals surface area contributed by atoms with E-state index in [1.807, 2.05) is 35.0 Å². The first-order chi connectivity index (χ1) is 9.15. The minimum absolute atomic E-state index is 0.504. The van der Waals surface area contributed by atoms with Gasteiger partial charge in [-0.1, -0.05) is 6.07 Å². The minimum atomic E-state index is -0.504. The molecule has 1 aromatic carbocycles. The van der Waals surface area contributed by atoms with Crippen molar-refractivity contribution in [2.24, 2.45) is 0 Å². The Morgan fingerprint density at radius 1 is 1.42 bits per heavy atom. The predicted molar refractivity (Wildman–Crippen MR) is 71.9 cm³/mol. The summed E-state index contributed by atoms with van der Waals surface area (Å²) in [5.41, 5.74) is 2.41. The molecule has 4 heteroatoms. The Labute approximate surface area is 112 Å². The number of ether oxygens (including phenoxy) is 1. The third-order valence-electron chi connectivity index (χ3n) is 3.03. The Morgan fingerprint density at radius 2 is 2.21 bits per heavy atom. The molecule has 2 rings (SSSR count). The molecule has 1 unspecified atom stereocenters. The minimum Gasteiger partial charge on any atom is -0.495 e. The largest absolute Gasteiger partial charge is 0.495 e. The average molecular weight is 256 g/mol. The first kappa shape index (κ1) is 13.2. The van der Waals surface area contributed by atoms with Crippen molar-refractivity contribution in [3.8, 4) is 11.8 Å². The number of hydrogen-bond acceptors (Lipinski definition) is 3. The average Bonchev–Trinajstić information content (AvgIpc) is 2.87. The van der Waals surface area contributed by atoms with Crippen molar-refractivity contribution in [1.82, 2.24) is 4.57 Å². The van der Waals surface area contributed by atoms with Crippen molar-refractivity contribution in [3.05, 3.63) is 53.3 Å². The maximum absolute atomic E-state index is 9.67. The van der Waals surface area contributed by atoms with Gasteiger partial charge in [-0.3, -0.25) is 0 Å². The van der Waals surface area contributed by atoms with Crippen LogP contribution in [-0.2, 0) is 6.54 Å². The molecule has 0 aliphatic carbocycles. The van der Waals surface area contributed by atoms with Crippen LogP contribution >= 0.6 is 0 Å². The number of rotatable bonds is 4. The molecule has 1 heterocycles. The van der Waals surface area contributed by atoms with Crippen LogP contribution in [0.25, 0.3) is 0 Å². The molecule has 98 valence electrons. The molecule has 1 atom stereocenters. The molecular formula is C15H16N2O2. The molecule has 0 amide bonds. The highest BCUT2D eigenvalue weighted by molar-refractivity contribution is 5.45. The van der Waals surface area contributed by atoms with E-state index in [1.165, 1.54) is 0 Å². The topological polar surface area (TPSA) is 58.2 Å². The van der Waals surface area contributed by atoms with Gasteiger partial charge in [0.15, 0.2) is 0 Å². The number of aliphatic hydroxyl groups excluding tert-OH is 1. The van der Waals surface area contributed by atoms with Crippen LogP contribution in [0, 0.1) is 11.3 Å². The van der Waals surface area contributed by atoms with Crippen molar-refractivity contribution < 1.29 is 9.84 Å². The number of nitrogens with zero attached hydrogens (tertiary/aromatic N) is 2. The summed E-state index contributed by atoms with van der Waals surface area (Å²) in [5, 5.41) is 18.6. The fraction of sp³-hybridized carbons (Fsp3) is 0.267. The predicted octanol–water partition coefficient (Wildman–Crippen LogP) is 2.47. The SMILES string of the molecule is COc1cc(Cn2cccc2C(C)O)ccc1C#N. The lowest BCUT2D eigenvalue weighted by atomic mass is 10.1. The van der Waals surface area contributed by atoms with E-state index in [4.69, 9.17) is 10.00 Å². The van der Waals surface area contributed by atoms with Gasteiger partial charge in [0, 0.05) is 18.4 Å². The van der Waals surface area contributed by atoms with Gasteiger partial charge in [0.2, 0.25) is 0 Å². The van der Waals surface area contributed by atoms with Crippen molar-refractivity contribution in [2.75, 3.05) is 7.11 Å². The first-order valence-electron chi connectivity index (χ1n) is 6.06. The zero-order valence-corrected chi connectivity index (χ0v) is 11.0. The molecule has 4 nitrogen and oxygen atoms in total. The van der Waals surface area contributed by atoms with Crippen molar-refractivity contribution in [3.63, 3.8) is 0 Å². The van der Waals surface area contributed by atoms with Gasteiger partial charge in [-0.05, 0) is 36.8 Å². The molecule has 0 bridgehead atoms. The van der Waals surface area contributed by atoms with Crippen molar-refractivity contribution in [1.29, 1.82) is 5.26 Å². The molecule has 2 aromatic rings. The first-order valence-corrected chi connectivity index (χ1v) is 6.06. The highest BCUT2D eigenvalue weighted by Gasteiger charge is 2.08. The number of nitriles is 1. The summed E-state index contributed by atoms with van der Waals surface area (Å²) in [6, 6.07) is 11.4. The monoisotopic (exact) mass is 256 g/mol. The Kier molecular flexibility index (Phi) is 3.88. The molecule has 0 aliphatic heterocycles. The molecule has 1 N–H and O–H groups in total. The lowest BCUT2D eigenvalue weighted by Crippen LogP contribution is -2.06. The van der Waals surface area contributed by atoms with Crippen LogP contribution in [0.15, 0.2) is 36.5 Å². The quantitative estimate of drug-likeness (QED) is 0.914. The Bertz CT molecular complexity index is 609. The number of aromatic nitrogens is 1. The summed E-state index contributed by atoms with van der Waals surface area (Å²) in [4.78, 5) is 0. The van der Waals surface area contributed by atoms with Crippen LogP contribution < -0.4 is 4.74 Å². The molecule has 19 heavy (non-hydrogen) atoms. The summed E-state index contributed by atoms with van der Waals surface area (Å²) in [6.07, 6.45) is 1.42. The van der Waals surface area contributed by atoms with E-state index < -0.39 is 6.10 Å². The van der Waals surface area contributed by atoms with Gasteiger partial charge in [-0.15, -0.1) is 0 Å². The maximum atomic E-state index is 9.67. The van der Waals surface area contributed by atoms with Crippen molar-refractivity contribution >= 4 is 0 Å². The normalized spacial score (nSPS) is 11.9. The zero-order valence-electron chi connectivity index (χ0n) is 11.0. The van der Waals surface area contributed by atoms with E-state index >= 15 is 0 Å². The lowest BCUT2D eigenvalue weighted by molar-refractivity contribution is 0.190. The van der Waals surface area contributed by atoms with Crippen LogP contribution in [0.2, 0.25) is 0 Å². The van der Waals surface area contributed by atoms with E-state index in [9.17, 15) is 5.11 Å². The number of aliphatic hydroxyl groups is 1. The highest BCUT2D eigenvalue weighted by Crippen LogP contribution is 2.21. The second-order valence-electron chi connectivity index (χ2n) is 4.38. The van der Waals surface area contributed by atoms with Crippen LogP contribution in [0.1, 0.15) is 29.8 Å². The molecule has 0 fully saturated rings. The fourth-order valence-electron chi connectivity index (χ4n) is 2.07. The Hall–Kier alpha value is -2.25. The second-order valence-corrected chi connectivity index (χ2v) is 4.38. The third-order valence-corrected chi connectivity index (χ3v) is 3.03. The van der Waals surface area contributed by atoms with E-state index in [0.29, 0.717) is 17.9 Å². The Balaban J connectivity index is 2.29. The smallest absolute Gasteiger partial charge is 0.136 e. The van der Waals surface area contributed by atoms with Crippen molar-refractivity contribution in [2.45, 2.75) is 19.6 Å². The van der Waals surface area contributed by atoms with Crippen LogP contribution in [0.5, 0.6) is 5.75 Å². The van der Waals surface area contributed by atoms with Gasteiger partial charge in [0.1, 0.15) is 11.8 Å². The molecule has 0 saturated carbocycles. The Morgan fingerprint density at radius 3 is 2.84 bits per heavy atom. The summed E-state index contributed by atoms with van der Waals surface area (Å²) in [5.74, 6) is 0.575. The molecule has 0 aliphatic rings. The summed E-state index contributed by atoms with van der Waals surface area (Å²) in [6.45, 7) is 2.38. The summed E-state index contributed by atoms with van der Waals surface area (Å²) in [7, 11) is 1.55. The number of benzene rings is 1. The maximum Gasteiger partial charge on any atom is 0.136 e. The summed E-state index contributed by atoms with van der Waals surface area (Å²) >= 11 is 0. The fourth-order valence-corrected chi connectivity index (χ4v) is 2.07. The van der Waals surface area contributed by atoms with Crippen LogP contribution in [0.4, 0.5) is 0 Å². The van der Waals surface area contributed by atoms with Crippen LogP contribution in [-0.4, -0.2) is 16.8 Å². The van der Waals surface area contributed by atoms with Gasteiger partial charge in [0.25, 0.3) is 0 Å². The second kappa shape index (κ2) is 5.59.